The molecule has 2 saturated heterocycles. The second kappa shape index (κ2) is 4.33. The van der Waals surface area contributed by atoms with Gasteiger partial charge in [-0.1, -0.05) is 0 Å². The largest absolute Gasteiger partial charge is 0.328 e. The molecule has 0 aliphatic carbocycles. The van der Waals surface area contributed by atoms with Gasteiger partial charge in [0.15, 0.2) is 0 Å². The molecule has 0 aromatic rings. The number of thioether (sulfide) groups is 1. The van der Waals surface area contributed by atoms with E-state index in [0.717, 1.165) is 13.1 Å². The predicted molar refractivity (Wildman–Crippen MR) is 54.7 cm³/mol. The molecule has 2 rings (SSSR count). The molecule has 0 aromatic carbocycles. The number of carbonyl (C=O) groups excluding carboxylic acids is 1. The molecule has 0 spiro atoms. The Morgan fingerprint density at radius 1 is 1.46 bits per heavy atom. The van der Waals surface area contributed by atoms with Crippen molar-refractivity contribution in [3.63, 3.8) is 0 Å². The van der Waals surface area contributed by atoms with E-state index in [1.165, 1.54) is 25.0 Å². The molecular weight excluding hydrogens is 184 g/mol. The molecule has 2 aliphatic rings. The lowest BCUT2D eigenvalue weighted by atomic mass is 10.2. The van der Waals surface area contributed by atoms with E-state index in [9.17, 15) is 4.79 Å². The fourth-order valence-corrected chi connectivity index (χ4v) is 3.27. The third-order valence-corrected chi connectivity index (χ3v) is 4.03. The highest BCUT2D eigenvalue weighted by Crippen LogP contribution is 2.28. The van der Waals surface area contributed by atoms with Gasteiger partial charge in [-0.2, -0.15) is 0 Å². The minimum atomic E-state index is 0.283. The Bertz CT molecular complexity index is 192. The van der Waals surface area contributed by atoms with Gasteiger partial charge in [-0.25, -0.2) is 0 Å². The van der Waals surface area contributed by atoms with Crippen molar-refractivity contribution >= 4 is 17.7 Å². The first kappa shape index (κ1) is 9.34. The Morgan fingerprint density at radius 2 is 2.38 bits per heavy atom. The van der Waals surface area contributed by atoms with Crippen molar-refractivity contribution in [2.45, 2.75) is 24.6 Å². The number of hydrogen-bond donors (Lipinski definition) is 1. The number of hydrogen-bond acceptors (Lipinski definition) is 3. The Kier molecular flexibility index (Phi) is 3.11. The molecule has 0 saturated carbocycles. The van der Waals surface area contributed by atoms with Crippen molar-refractivity contribution in [3.05, 3.63) is 0 Å². The SMILES string of the molecule is O=C1CNCCN1C1CCCCS1. The van der Waals surface area contributed by atoms with Crippen molar-refractivity contribution < 1.29 is 4.79 Å². The second-order valence-electron chi connectivity index (χ2n) is 3.59. The summed E-state index contributed by atoms with van der Waals surface area (Å²) in [6.07, 6.45) is 3.80. The molecule has 2 heterocycles. The van der Waals surface area contributed by atoms with Crippen molar-refractivity contribution in [3.8, 4) is 0 Å². The van der Waals surface area contributed by atoms with Gasteiger partial charge < -0.3 is 10.2 Å². The predicted octanol–water partition coefficient (Wildman–Crippen LogP) is 0.661. The van der Waals surface area contributed by atoms with Gasteiger partial charge in [-0.15, -0.1) is 11.8 Å². The summed E-state index contributed by atoms with van der Waals surface area (Å²) in [5.41, 5.74) is 0. The highest BCUT2D eigenvalue weighted by Gasteiger charge is 2.27. The van der Waals surface area contributed by atoms with Crippen LogP contribution in [0, 0.1) is 0 Å². The van der Waals surface area contributed by atoms with Gasteiger partial charge in [-0.05, 0) is 25.0 Å². The van der Waals surface area contributed by atoms with E-state index in [2.05, 4.69) is 10.2 Å². The fourth-order valence-electron chi connectivity index (χ4n) is 1.90. The lowest BCUT2D eigenvalue weighted by molar-refractivity contribution is -0.132. The maximum atomic E-state index is 11.5. The van der Waals surface area contributed by atoms with Crippen LogP contribution in [0.4, 0.5) is 0 Å². The minimum Gasteiger partial charge on any atom is -0.328 e. The maximum Gasteiger partial charge on any atom is 0.237 e. The Hall–Kier alpha value is -0.220. The van der Waals surface area contributed by atoms with Crippen LogP contribution < -0.4 is 5.32 Å². The summed E-state index contributed by atoms with van der Waals surface area (Å²) < 4.78 is 0. The van der Waals surface area contributed by atoms with Crippen LogP contribution in [0.1, 0.15) is 19.3 Å². The van der Waals surface area contributed by atoms with Gasteiger partial charge in [-0.3, -0.25) is 4.79 Å². The molecule has 1 atom stereocenters. The molecule has 2 fully saturated rings. The summed E-state index contributed by atoms with van der Waals surface area (Å²) in [6, 6.07) is 0. The second-order valence-corrected chi connectivity index (χ2v) is 4.87. The summed E-state index contributed by atoms with van der Waals surface area (Å²) >= 11 is 1.95. The third-order valence-electron chi connectivity index (χ3n) is 2.63. The van der Waals surface area contributed by atoms with Crippen molar-refractivity contribution in [2.75, 3.05) is 25.4 Å². The first-order valence-electron chi connectivity index (χ1n) is 5.00. The first-order valence-corrected chi connectivity index (χ1v) is 6.04. The number of rotatable bonds is 1. The summed E-state index contributed by atoms with van der Waals surface area (Å²) in [5, 5.41) is 3.58. The minimum absolute atomic E-state index is 0.283. The monoisotopic (exact) mass is 200 g/mol. The number of nitrogens with zero attached hydrogens (tertiary/aromatic N) is 1. The van der Waals surface area contributed by atoms with E-state index in [0.29, 0.717) is 11.9 Å². The van der Waals surface area contributed by atoms with E-state index in [1.807, 2.05) is 11.8 Å². The molecule has 0 aromatic heterocycles. The molecule has 0 bridgehead atoms. The molecular formula is C9H16N2OS. The number of amides is 1. The topological polar surface area (TPSA) is 32.3 Å². The van der Waals surface area contributed by atoms with Crippen LogP contribution in [0.2, 0.25) is 0 Å². The zero-order valence-corrected chi connectivity index (χ0v) is 8.61. The summed E-state index contributed by atoms with van der Waals surface area (Å²) in [7, 11) is 0. The van der Waals surface area contributed by atoms with Crippen LogP contribution in [0.15, 0.2) is 0 Å². The number of piperazine rings is 1. The quantitative estimate of drug-likeness (QED) is 0.675. The van der Waals surface area contributed by atoms with E-state index < -0.39 is 0 Å². The molecule has 1 amide bonds. The summed E-state index contributed by atoms with van der Waals surface area (Å²) in [6.45, 7) is 2.40. The number of carbonyl (C=O) groups is 1. The van der Waals surface area contributed by atoms with Gasteiger partial charge in [0.2, 0.25) is 5.91 Å². The molecule has 1 unspecified atom stereocenters. The molecule has 74 valence electrons. The highest BCUT2D eigenvalue weighted by atomic mass is 32.2. The van der Waals surface area contributed by atoms with Gasteiger partial charge in [0.05, 0.1) is 11.9 Å². The Morgan fingerprint density at radius 3 is 3.08 bits per heavy atom. The molecule has 4 heteroatoms. The van der Waals surface area contributed by atoms with Crippen LogP contribution in [-0.4, -0.2) is 41.6 Å². The van der Waals surface area contributed by atoms with E-state index in [1.54, 1.807) is 0 Å². The van der Waals surface area contributed by atoms with Gasteiger partial charge in [0, 0.05) is 13.1 Å². The lowest BCUT2D eigenvalue weighted by Crippen LogP contribution is -2.51. The van der Waals surface area contributed by atoms with Crippen LogP contribution in [-0.2, 0) is 4.79 Å². The third kappa shape index (κ3) is 2.17. The van der Waals surface area contributed by atoms with Crippen LogP contribution in [0.5, 0.6) is 0 Å². The zero-order valence-electron chi connectivity index (χ0n) is 7.79. The van der Waals surface area contributed by atoms with E-state index >= 15 is 0 Å². The van der Waals surface area contributed by atoms with Crippen molar-refractivity contribution in [1.82, 2.24) is 10.2 Å². The Labute approximate surface area is 83.2 Å². The van der Waals surface area contributed by atoms with Gasteiger partial charge >= 0.3 is 0 Å². The standard InChI is InChI=1S/C9H16N2OS/c12-8-7-10-4-5-11(8)9-3-1-2-6-13-9/h9-10H,1-7H2. The summed E-state index contributed by atoms with van der Waals surface area (Å²) in [4.78, 5) is 13.6. The van der Waals surface area contributed by atoms with E-state index in [4.69, 9.17) is 0 Å². The zero-order chi connectivity index (χ0) is 9.10. The molecule has 0 radical (unpaired) electrons. The summed E-state index contributed by atoms with van der Waals surface area (Å²) in [5.74, 6) is 1.51. The molecule has 13 heavy (non-hydrogen) atoms. The number of nitrogens with one attached hydrogen (secondary N) is 1. The first-order chi connectivity index (χ1) is 6.38. The highest BCUT2D eigenvalue weighted by molar-refractivity contribution is 7.99. The van der Waals surface area contributed by atoms with Crippen LogP contribution >= 0.6 is 11.8 Å². The molecule has 3 nitrogen and oxygen atoms in total. The Balaban J connectivity index is 1.92. The average molecular weight is 200 g/mol. The molecule has 1 N–H and O–H groups in total. The van der Waals surface area contributed by atoms with Gasteiger partial charge in [0.1, 0.15) is 0 Å². The van der Waals surface area contributed by atoms with Crippen LogP contribution in [0.3, 0.4) is 0 Å². The smallest absolute Gasteiger partial charge is 0.237 e. The fraction of sp³-hybridized carbons (Fsp3) is 0.889. The normalized spacial score (nSPS) is 30.6. The molecule has 2 aliphatic heterocycles. The lowest BCUT2D eigenvalue weighted by Gasteiger charge is -2.36. The van der Waals surface area contributed by atoms with Gasteiger partial charge in [0.25, 0.3) is 0 Å². The van der Waals surface area contributed by atoms with Crippen LogP contribution in [0.25, 0.3) is 0 Å². The average Bonchev–Trinajstić information content (AvgIpc) is 2.20. The van der Waals surface area contributed by atoms with E-state index in [-0.39, 0.29) is 5.91 Å². The maximum absolute atomic E-state index is 11.5. The van der Waals surface area contributed by atoms with Crippen molar-refractivity contribution in [1.29, 1.82) is 0 Å². The van der Waals surface area contributed by atoms with Crippen molar-refractivity contribution in [2.24, 2.45) is 0 Å².